The van der Waals surface area contributed by atoms with Crippen molar-refractivity contribution in [2.45, 2.75) is 18.9 Å². The van der Waals surface area contributed by atoms with Crippen LogP contribution in [0.4, 0.5) is 11.5 Å². The van der Waals surface area contributed by atoms with Gasteiger partial charge in [0.05, 0.1) is 11.8 Å². The first-order chi connectivity index (χ1) is 8.15. The van der Waals surface area contributed by atoms with Gasteiger partial charge in [-0.15, -0.1) is 0 Å². The van der Waals surface area contributed by atoms with E-state index in [0.29, 0.717) is 17.5 Å². The Morgan fingerprint density at radius 3 is 2.94 bits per heavy atom. The first-order valence-electron chi connectivity index (χ1n) is 5.99. The molecule has 0 amide bonds. The zero-order valence-corrected chi connectivity index (χ0v) is 11.1. The summed E-state index contributed by atoms with van der Waals surface area (Å²) in [5.74, 6) is 1.87. The molecule has 1 aliphatic carbocycles. The van der Waals surface area contributed by atoms with Crippen LogP contribution >= 0.6 is 15.9 Å². The number of aromatic nitrogens is 1. The van der Waals surface area contributed by atoms with Crippen LogP contribution < -0.4 is 10.6 Å². The van der Waals surface area contributed by atoms with Crippen LogP contribution in [0.15, 0.2) is 16.7 Å². The SMILES string of the molecule is Nc1cc(Br)cnc1N1CC2CCC(O)C2C1. The molecule has 17 heavy (non-hydrogen) atoms. The van der Waals surface area contributed by atoms with E-state index in [0.717, 1.165) is 36.2 Å². The van der Waals surface area contributed by atoms with E-state index in [4.69, 9.17) is 5.73 Å². The maximum absolute atomic E-state index is 9.89. The first-order valence-corrected chi connectivity index (χ1v) is 6.78. The number of anilines is 2. The molecule has 1 aliphatic heterocycles. The van der Waals surface area contributed by atoms with E-state index >= 15 is 0 Å². The number of halogens is 1. The molecule has 0 bridgehead atoms. The molecular formula is C12H16BrN3O. The number of aliphatic hydroxyl groups is 1. The van der Waals surface area contributed by atoms with E-state index in [9.17, 15) is 5.11 Å². The molecule has 0 aromatic carbocycles. The van der Waals surface area contributed by atoms with Gasteiger partial charge in [-0.1, -0.05) is 0 Å². The van der Waals surface area contributed by atoms with Gasteiger partial charge in [-0.25, -0.2) is 4.98 Å². The van der Waals surface area contributed by atoms with Crippen molar-refractivity contribution in [2.75, 3.05) is 23.7 Å². The zero-order valence-electron chi connectivity index (χ0n) is 9.51. The minimum atomic E-state index is -0.137. The van der Waals surface area contributed by atoms with Crippen LogP contribution in [-0.4, -0.2) is 29.3 Å². The Balaban J connectivity index is 1.83. The van der Waals surface area contributed by atoms with Gasteiger partial charge in [0.25, 0.3) is 0 Å². The van der Waals surface area contributed by atoms with Crippen molar-refractivity contribution < 1.29 is 5.11 Å². The van der Waals surface area contributed by atoms with Gasteiger partial charge >= 0.3 is 0 Å². The maximum atomic E-state index is 9.89. The van der Waals surface area contributed by atoms with Gasteiger partial charge < -0.3 is 15.7 Å². The van der Waals surface area contributed by atoms with Crippen molar-refractivity contribution in [2.24, 2.45) is 11.8 Å². The molecule has 3 N–H and O–H groups in total. The number of pyridine rings is 1. The molecule has 0 radical (unpaired) electrons. The molecule has 1 aromatic rings. The van der Waals surface area contributed by atoms with Gasteiger partial charge in [-0.05, 0) is 40.8 Å². The first kappa shape index (κ1) is 11.3. The van der Waals surface area contributed by atoms with Crippen LogP contribution in [0, 0.1) is 11.8 Å². The Labute approximate surface area is 109 Å². The van der Waals surface area contributed by atoms with Crippen LogP contribution in [0.1, 0.15) is 12.8 Å². The summed E-state index contributed by atoms with van der Waals surface area (Å²) in [5.41, 5.74) is 6.69. The van der Waals surface area contributed by atoms with Crippen molar-refractivity contribution in [3.63, 3.8) is 0 Å². The maximum Gasteiger partial charge on any atom is 0.151 e. The molecule has 1 aromatic heterocycles. The molecule has 2 aliphatic rings. The van der Waals surface area contributed by atoms with Crippen molar-refractivity contribution in [3.8, 4) is 0 Å². The number of nitrogens with two attached hydrogens (primary N) is 1. The minimum Gasteiger partial charge on any atom is -0.396 e. The predicted molar refractivity (Wildman–Crippen MR) is 70.8 cm³/mol. The Morgan fingerprint density at radius 1 is 1.41 bits per heavy atom. The number of hydrogen-bond acceptors (Lipinski definition) is 4. The average Bonchev–Trinajstić information content (AvgIpc) is 2.81. The topological polar surface area (TPSA) is 62.4 Å². The average molecular weight is 298 g/mol. The van der Waals surface area contributed by atoms with Gasteiger partial charge in [0, 0.05) is 29.7 Å². The smallest absolute Gasteiger partial charge is 0.151 e. The van der Waals surface area contributed by atoms with E-state index in [1.165, 1.54) is 0 Å². The fraction of sp³-hybridized carbons (Fsp3) is 0.583. The van der Waals surface area contributed by atoms with Gasteiger partial charge in [-0.2, -0.15) is 0 Å². The van der Waals surface area contributed by atoms with Gasteiger partial charge in [0.15, 0.2) is 5.82 Å². The summed E-state index contributed by atoms with van der Waals surface area (Å²) < 4.78 is 0.901. The Bertz CT molecular complexity index is 440. The molecule has 2 heterocycles. The van der Waals surface area contributed by atoms with Gasteiger partial charge in [0.1, 0.15) is 0 Å². The van der Waals surface area contributed by atoms with E-state index in [1.807, 2.05) is 6.07 Å². The third-order valence-corrected chi connectivity index (χ3v) is 4.41. The number of nitrogen functional groups attached to an aromatic ring is 1. The van der Waals surface area contributed by atoms with Crippen LogP contribution in [0.5, 0.6) is 0 Å². The minimum absolute atomic E-state index is 0.137. The molecule has 1 saturated heterocycles. The fourth-order valence-electron chi connectivity index (χ4n) is 3.12. The molecular weight excluding hydrogens is 282 g/mol. The van der Waals surface area contributed by atoms with Crippen molar-refractivity contribution in [1.82, 2.24) is 4.98 Å². The number of fused-ring (bicyclic) bond motifs is 1. The summed E-state index contributed by atoms with van der Waals surface area (Å²) in [7, 11) is 0. The molecule has 0 spiro atoms. The normalized spacial score (nSPS) is 31.9. The summed E-state index contributed by atoms with van der Waals surface area (Å²) in [6.07, 6.45) is 3.71. The van der Waals surface area contributed by atoms with Gasteiger partial charge in [-0.3, -0.25) is 0 Å². The molecule has 4 nitrogen and oxygen atoms in total. The highest BCUT2D eigenvalue weighted by Crippen LogP contribution is 2.40. The molecule has 3 unspecified atom stereocenters. The van der Waals surface area contributed by atoms with Crippen LogP contribution in [0.3, 0.4) is 0 Å². The predicted octanol–water partition coefficient (Wildman–Crippen LogP) is 1.63. The standard InChI is InChI=1S/C12H16BrN3O/c13-8-3-10(14)12(15-4-8)16-5-7-1-2-11(17)9(7)6-16/h3-4,7,9,11,17H,1-2,5-6,14H2. The quantitative estimate of drug-likeness (QED) is 0.827. The largest absolute Gasteiger partial charge is 0.396 e. The lowest BCUT2D eigenvalue weighted by Crippen LogP contribution is -2.25. The van der Waals surface area contributed by atoms with E-state index in [2.05, 4.69) is 25.8 Å². The monoisotopic (exact) mass is 297 g/mol. The second-order valence-corrected chi connectivity index (χ2v) is 5.96. The fourth-order valence-corrected chi connectivity index (χ4v) is 3.47. The Hall–Kier alpha value is -0.810. The lowest BCUT2D eigenvalue weighted by atomic mass is 10.00. The van der Waals surface area contributed by atoms with E-state index in [-0.39, 0.29) is 6.10 Å². The molecule has 3 atom stereocenters. The second-order valence-electron chi connectivity index (χ2n) is 5.04. The lowest BCUT2D eigenvalue weighted by Gasteiger charge is -2.20. The van der Waals surface area contributed by atoms with Crippen LogP contribution in [-0.2, 0) is 0 Å². The third kappa shape index (κ3) is 1.91. The van der Waals surface area contributed by atoms with Crippen molar-refractivity contribution in [1.29, 1.82) is 0 Å². The van der Waals surface area contributed by atoms with Crippen LogP contribution in [0.2, 0.25) is 0 Å². The number of hydrogen-bond donors (Lipinski definition) is 2. The molecule has 2 fully saturated rings. The zero-order chi connectivity index (χ0) is 12.0. The van der Waals surface area contributed by atoms with Crippen molar-refractivity contribution in [3.05, 3.63) is 16.7 Å². The number of rotatable bonds is 1. The Kier molecular flexibility index (Phi) is 2.75. The highest BCUT2D eigenvalue weighted by Gasteiger charge is 2.42. The summed E-state index contributed by atoms with van der Waals surface area (Å²) >= 11 is 3.36. The number of aliphatic hydroxyl groups excluding tert-OH is 1. The summed E-state index contributed by atoms with van der Waals surface area (Å²) in [5, 5.41) is 9.89. The summed E-state index contributed by atoms with van der Waals surface area (Å²) in [6.45, 7) is 1.85. The van der Waals surface area contributed by atoms with Gasteiger partial charge in [0.2, 0.25) is 0 Å². The molecule has 3 rings (SSSR count). The summed E-state index contributed by atoms with van der Waals surface area (Å²) in [6, 6.07) is 1.88. The van der Waals surface area contributed by atoms with Crippen molar-refractivity contribution >= 4 is 27.4 Å². The number of nitrogens with zero attached hydrogens (tertiary/aromatic N) is 2. The third-order valence-electron chi connectivity index (χ3n) is 3.98. The second kappa shape index (κ2) is 4.14. The molecule has 92 valence electrons. The molecule has 5 heteroatoms. The van der Waals surface area contributed by atoms with E-state index in [1.54, 1.807) is 6.20 Å². The summed E-state index contributed by atoms with van der Waals surface area (Å²) in [4.78, 5) is 6.59. The highest BCUT2D eigenvalue weighted by molar-refractivity contribution is 9.10. The van der Waals surface area contributed by atoms with Crippen LogP contribution in [0.25, 0.3) is 0 Å². The highest BCUT2D eigenvalue weighted by atomic mass is 79.9. The molecule has 1 saturated carbocycles. The van der Waals surface area contributed by atoms with E-state index < -0.39 is 0 Å². The lowest BCUT2D eigenvalue weighted by molar-refractivity contribution is 0.133. The Morgan fingerprint density at radius 2 is 2.24 bits per heavy atom.